The van der Waals surface area contributed by atoms with E-state index in [1.807, 2.05) is 17.0 Å². The monoisotopic (exact) mass is 279 g/mol. The molecule has 0 saturated carbocycles. The fourth-order valence-electron chi connectivity index (χ4n) is 1.78. The Kier molecular flexibility index (Phi) is 2.68. The number of aromatic nitrogens is 4. The van der Waals surface area contributed by atoms with Gasteiger partial charge in [0.15, 0.2) is 5.65 Å². The van der Waals surface area contributed by atoms with Crippen LogP contribution in [0, 0.1) is 6.92 Å². The Bertz CT molecular complexity index is 717. The molecule has 3 rings (SSSR count). The van der Waals surface area contributed by atoms with E-state index in [2.05, 4.69) is 15.0 Å². The van der Waals surface area contributed by atoms with Gasteiger partial charge in [-0.05, 0) is 13.0 Å². The number of halogens is 1. The second-order valence-corrected chi connectivity index (χ2v) is 5.29. The second kappa shape index (κ2) is 4.22. The van der Waals surface area contributed by atoms with Crippen LogP contribution in [-0.2, 0) is 6.54 Å². The average molecular weight is 280 g/mol. The molecule has 0 aliphatic carbocycles. The van der Waals surface area contributed by atoms with Crippen LogP contribution in [0.1, 0.15) is 10.6 Å². The van der Waals surface area contributed by atoms with Crippen molar-refractivity contribution < 1.29 is 0 Å². The summed E-state index contributed by atoms with van der Waals surface area (Å²) in [5.41, 5.74) is 10.2. The molecule has 2 N–H and O–H groups in total. The number of rotatable bonds is 2. The minimum Gasteiger partial charge on any atom is -0.369 e. The van der Waals surface area contributed by atoms with E-state index >= 15 is 0 Å². The molecule has 3 heterocycles. The SMILES string of the molecule is Cc1ncsc1Cn1c(N)nc2cc(Cl)cnc21. The molecule has 0 saturated heterocycles. The number of nitrogens with two attached hydrogens (primary N) is 1. The van der Waals surface area contributed by atoms with Gasteiger partial charge in [-0.3, -0.25) is 4.57 Å². The van der Waals surface area contributed by atoms with E-state index in [-0.39, 0.29) is 0 Å². The number of pyridine rings is 1. The molecule has 18 heavy (non-hydrogen) atoms. The molecule has 0 aromatic carbocycles. The van der Waals surface area contributed by atoms with E-state index in [1.54, 1.807) is 23.6 Å². The molecule has 5 nitrogen and oxygen atoms in total. The maximum Gasteiger partial charge on any atom is 0.202 e. The van der Waals surface area contributed by atoms with Gasteiger partial charge in [0.25, 0.3) is 0 Å². The molecule has 0 atom stereocenters. The molecule has 0 radical (unpaired) electrons. The van der Waals surface area contributed by atoms with Crippen LogP contribution in [0.25, 0.3) is 11.2 Å². The van der Waals surface area contributed by atoms with Crippen molar-refractivity contribution in [3.05, 3.63) is 33.4 Å². The topological polar surface area (TPSA) is 69.6 Å². The summed E-state index contributed by atoms with van der Waals surface area (Å²) in [6, 6.07) is 1.76. The van der Waals surface area contributed by atoms with Gasteiger partial charge in [0, 0.05) is 11.1 Å². The summed E-state index contributed by atoms with van der Waals surface area (Å²) >= 11 is 7.49. The van der Waals surface area contributed by atoms with Crippen molar-refractivity contribution in [1.29, 1.82) is 0 Å². The summed E-state index contributed by atoms with van der Waals surface area (Å²) in [6.45, 7) is 2.61. The van der Waals surface area contributed by atoms with Gasteiger partial charge >= 0.3 is 0 Å². The standard InChI is InChI=1S/C11H10ClN5S/c1-6-9(18-5-15-6)4-17-10-8(16-11(17)13)2-7(12)3-14-10/h2-3,5H,4H2,1H3,(H2,13,16). The lowest BCUT2D eigenvalue weighted by molar-refractivity contribution is 0.832. The molecule has 92 valence electrons. The number of nitrogen functional groups attached to an aromatic ring is 1. The van der Waals surface area contributed by atoms with Gasteiger partial charge in [0.2, 0.25) is 5.95 Å². The number of thiazole rings is 1. The fraction of sp³-hybridized carbons (Fsp3) is 0.182. The van der Waals surface area contributed by atoms with Crippen LogP contribution in [0.3, 0.4) is 0 Å². The number of hydrogen-bond donors (Lipinski definition) is 1. The predicted octanol–water partition coefficient (Wildman–Crippen LogP) is 2.48. The molecule has 0 aliphatic heterocycles. The first-order valence-electron chi connectivity index (χ1n) is 5.31. The zero-order valence-corrected chi connectivity index (χ0v) is 11.2. The molecule has 0 fully saturated rings. The third kappa shape index (κ3) is 1.83. The van der Waals surface area contributed by atoms with Gasteiger partial charge in [-0.15, -0.1) is 11.3 Å². The van der Waals surface area contributed by atoms with Crippen molar-refractivity contribution in [1.82, 2.24) is 19.5 Å². The first-order chi connectivity index (χ1) is 8.65. The Hall–Kier alpha value is -1.66. The molecular weight excluding hydrogens is 270 g/mol. The summed E-state index contributed by atoms with van der Waals surface area (Å²) in [5, 5.41) is 0.557. The van der Waals surface area contributed by atoms with Crippen LogP contribution in [0.5, 0.6) is 0 Å². The number of imidazole rings is 1. The number of nitrogens with zero attached hydrogens (tertiary/aromatic N) is 4. The van der Waals surface area contributed by atoms with E-state index in [1.165, 1.54) is 0 Å². The second-order valence-electron chi connectivity index (χ2n) is 3.91. The van der Waals surface area contributed by atoms with Gasteiger partial charge < -0.3 is 5.73 Å². The zero-order chi connectivity index (χ0) is 12.7. The molecule has 3 aromatic heterocycles. The molecule has 0 aliphatic rings. The third-order valence-corrected chi connectivity index (χ3v) is 3.85. The number of fused-ring (bicyclic) bond motifs is 1. The van der Waals surface area contributed by atoms with E-state index in [4.69, 9.17) is 17.3 Å². The van der Waals surface area contributed by atoms with Crippen molar-refractivity contribution in [2.45, 2.75) is 13.5 Å². The van der Waals surface area contributed by atoms with Crippen LogP contribution >= 0.6 is 22.9 Å². The molecule has 0 unspecified atom stereocenters. The summed E-state index contributed by atoms with van der Waals surface area (Å²) < 4.78 is 1.87. The summed E-state index contributed by atoms with van der Waals surface area (Å²) in [7, 11) is 0. The highest BCUT2D eigenvalue weighted by Crippen LogP contribution is 2.22. The van der Waals surface area contributed by atoms with E-state index in [9.17, 15) is 0 Å². The van der Waals surface area contributed by atoms with Crippen LogP contribution < -0.4 is 5.73 Å². The van der Waals surface area contributed by atoms with Crippen LogP contribution in [0.4, 0.5) is 5.95 Å². The first-order valence-corrected chi connectivity index (χ1v) is 6.57. The van der Waals surface area contributed by atoms with Crippen LogP contribution in [0.15, 0.2) is 17.8 Å². The van der Waals surface area contributed by atoms with Gasteiger partial charge in [-0.2, -0.15) is 0 Å². The first kappa shape index (κ1) is 11.4. The lowest BCUT2D eigenvalue weighted by Gasteiger charge is -2.04. The van der Waals surface area contributed by atoms with E-state index in [0.29, 0.717) is 23.0 Å². The van der Waals surface area contributed by atoms with Gasteiger partial charge in [-0.25, -0.2) is 15.0 Å². The van der Waals surface area contributed by atoms with Crippen molar-refractivity contribution in [2.75, 3.05) is 5.73 Å². The van der Waals surface area contributed by atoms with Crippen LogP contribution in [0.2, 0.25) is 5.02 Å². The Morgan fingerprint density at radius 3 is 3.00 bits per heavy atom. The predicted molar refractivity (Wildman–Crippen MR) is 72.9 cm³/mol. The van der Waals surface area contributed by atoms with E-state index < -0.39 is 0 Å². The normalized spacial score (nSPS) is 11.2. The molecule has 3 aromatic rings. The maximum atomic E-state index is 5.92. The Morgan fingerprint density at radius 1 is 1.44 bits per heavy atom. The minimum absolute atomic E-state index is 0.438. The largest absolute Gasteiger partial charge is 0.369 e. The molecule has 7 heteroatoms. The highest BCUT2D eigenvalue weighted by atomic mass is 35.5. The molecule has 0 bridgehead atoms. The number of aryl methyl sites for hydroxylation is 1. The van der Waals surface area contributed by atoms with Crippen molar-refractivity contribution in [2.24, 2.45) is 0 Å². The highest BCUT2D eigenvalue weighted by molar-refractivity contribution is 7.09. The smallest absolute Gasteiger partial charge is 0.202 e. The van der Waals surface area contributed by atoms with Gasteiger partial charge in [0.05, 0.1) is 22.8 Å². The summed E-state index contributed by atoms with van der Waals surface area (Å²) in [5.74, 6) is 0.438. The Morgan fingerprint density at radius 2 is 2.28 bits per heavy atom. The van der Waals surface area contributed by atoms with Crippen molar-refractivity contribution >= 4 is 40.0 Å². The summed E-state index contributed by atoms with van der Waals surface area (Å²) in [6.07, 6.45) is 1.60. The van der Waals surface area contributed by atoms with Crippen molar-refractivity contribution in [3.63, 3.8) is 0 Å². The lowest BCUT2D eigenvalue weighted by Crippen LogP contribution is -2.05. The molecule has 0 amide bonds. The average Bonchev–Trinajstić information content (AvgIpc) is 2.85. The van der Waals surface area contributed by atoms with Crippen LogP contribution in [-0.4, -0.2) is 19.5 Å². The molecular formula is C11H10ClN5S. The molecule has 0 spiro atoms. The van der Waals surface area contributed by atoms with Crippen molar-refractivity contribution in [3.8, 4) is 0 Å². The minimum atomic E-state index is 0.438. The Balaban J connectivity index is 2.11. The van der Waals surface area contributed by atoms with E-state index in [0.717, 1.165) is 16.2 Å². The quantitative estimate of drug-likeness (QED) is 0.782. The van der Waals surface area contributed by atoms with Gasteiger partial charge in [0.1, 0.15) is 5.52 Å². The third-order valence-electron chi connectivity index (χ3n) is 2.73. The Labute approximate surface area is 112 Å². The lowest BCUT2D eigenvalue weighted by atomic mass is 10.4. The zero-order valence-electron chi connectivity index (χ0n) is 9.59. The number of anilines is 1. The fourth-order valence-corrected chi connectivity index (χ4v) is 2.70. The summed E-state index contributed by atoms with van der Waals surface area (Å²) in [4.78, 5) is 13.9. The highest BCUT2D eigenvalue weighted by Gasteiger charge is 2.12. The number of hydrogen-bond acceptors (Lipinski definition) is 5. The maximum absolute atomic E-state index is 5.92. The van der Waals surface area contributed by atoms with Gasteiger partial charge in [-0.1, -0.05) is 11.6 Å².